The first-order valence-electron chi connectivity index (χ1n) is 10.9. The lowest BCUT2D eigenvalue weighted by Gasteiger charge is -2.32. The molecule has 4 rings (SSSR count). The van der Waals surface area contributed by atoms with Gasteiger partial charge in [0.05, 0.1) is 5.92 Å². The fourth-order valence-corrected chi connectivity index (χ4v) is 4.64. The van der Waals surface area contributed by atoms with Gasteiger partial charge in [0.15, 0.2) is 0 Å². The van der Waals surface area contributed by atoms with Gasteiger partial charge in [0.25, 0.3) is 5.91 Å². The molecule has 0 aromatic heterocycles. The van der Waals surface area contributed by atoms with Crippen molar-refractivity contribution in [3.63, 3.8) is 0 Å². The zero-order valence-electron chi connectivity index (χ0n) is 17.8. The highest BCUT2D eigenvalue weighted by Gasteiger charge is 2.59. The standard InChI is InChI=1S/C20H28F3N5O4/c1-18(3-4-18)13(26-17(32)20(21,22)23)16(31)28-10-19(5-6-19)8-12(28)15(30)27-25-9-11-2-7-24-14(11)29/h11-13,25H,2-10H2,1H3,(H,24,29)(H,26,32)(H,27,30)/t11-,12-,13+/m0/s1. The molecule has 4 aliphatic rings. The van der Waals surface area contributed by atoms with Crippen molar-refractivity contribution >= 4 is 23.6 Å². The zero-order chi connectivity index (χ0) is 23.3. The van der Waals surface area contributed by atoms with Gasteiger partial charge in [-0.3, -0.25) is 24.6 Å². The maximum atomic E-state index is 13.3. The van der Waals surface area contributed by atoms with E-state index in [1.54, 1.807) is 6.92 Å². The summed E-state index contributed by atoms with van der Waals surface area (Å²) in [4.78, 5) is 50.8. The van der Waals surface area contributed by atoms with Crippen molar-refractivity contribution < 1.29 is 32.3 Å². The fourth-order valence-electron chi connectivity index (χ4n) is 4.64. The van der Waals surface area contributed by atoms with Gasteiger partial charge in [-0.15, -0.1) is 0 Å². The van der Waals surface area contributed by atoms with E-state index in [1.165, 1.54) is 4.90 Å². The molecule has 0 bridgehead atoms. The van der Waals surface area contributed by atoms with Gasteiger partial charge in [-0.2, -0.15) is 13.2 Å². The topological polar surface area (TPSA) is 120 Å². The summed E-state index contributed by atoms with van der Waals surface area (Å²) in [5, 5.41) is 4.58. The molecule has 0 unspecified atom stereocenters. The molecule has 178 valence electrons. The van der Waals surface area contributed by atoms with Crippen LogP contribution in [0.2, 0.25) is 0 Å². The Labute approximate surface area is 183 Å². The van der Waals surface area contributed by atoms with Crippen molar-refractivity contribution in [1.82, 2.24) is 26.4 Å². The minimum absolute atomic E-state index is 0.0951. The van der Waals surface area contributed by atoms with Crippen LogP contribution < -0.4 is 21.5 Å². The van der Waals surface area contributed by atoms with Crippen molar-refractivity contribution in [2.75, 3.05) is 19.6 Å². The van der Waals surface area contributed by atoms with Crippen LogP contribution in [0.25, 0.3) is 0 Å². The van der Waals surface area contributed by atoms with Crippen LogP contribution >= 0.6 is 0 Å². The van der Waals surface area contributed by atoms with Crippen molar-refractivity contribution in [3.05, 3.63) is 0 Å². The molecule has 3 atom stereocenters. The average molecular weight is 459 g/mol. The van der Waals surface area contributed by atoms with E-state index in [0.29, 0.717) is 32.2 Å². The number of nitrogens with zero attached hydrogens (tertiary/aromatic N) is 1. The third-order valence-corrected chi connectivity index (χ3v) is 7.29. The number of carbonyl (C=O) groups is 4. The molecule has 2 heterocycles. The normalized spacial score (nSPS) is 28.2. The Bertz CT molecular complexity index is 825. The summed E-state index contributed by atoms with van der Waals surface area (Å²) in [5.74, 6) is -3.63. The minimum Gasteiger partial charge on any atom is -0.356 e. The molecular formula is C20H28F3N5O4. The SMILES string of the molecule is CC1([C@H](NC(=O)C(F)(F)F)C(=O)N2CC3(CC3)C[C@H]2C(=O)NNC[C@@H]2CCNC2=O)CC1. The van der Waals surface area contributed by atoms with Crippen LogP contribution in [0.4, 0.5) is 13.2 Å². The fraction of sp³-hybridized carbons (Fsp3) is 0.800. The second kappa shape index (κ2) is 7.89. The quantitative estimate of drug-likeness (QED) is 0.399. The summed E-state index contributed by atoms with van der Waals surface area (Å²) in [6.45, 7) is 2.77. The van der Waals surface area contributed by atoms with Gasteiger partial charge in [0.1, 0.15) is 12.1 Å². The molecule has 9 nitrogen and oxygen atoms in total. The predicted octanol–water partition coefficient (Wildman–Crippen LogP) is -0.0284. The van der Waals surface area contributed by atoms with E-state index in [1.807, 2.05) is 5.32 Å². The van der Waals surface area contributed by atoms with E-state index in [0.717, 1.165) is 12.8 Å². The van der Waals surface area contributed by atoms with Gasteiger partial charge < -0.3 is 15.5 Å². The summed E-state index contributed by atoms with van der Waals surface area (Å²) in [6.07, 6.45) is -1.31. The number of alkyl halides is 3. The molecule has 2 saturated carbocycles. The molecule has 1 spiro atoms. The summed E-state index contributed by atoms with van der Waals surface area (Å²) in [7, 11) is 0. The van der Waals surface area contributed by atoms with Crippen LogP contribution in [0.15, 0.2) is 0 Å². The predicted molar refractivity (Wildman–Crippen MR) is 104 cm³/mol. The lowest BCUT2D eigenvalue weighted by atomic mass is 9.96. The molecular weight excluding hydrogens is 431 g/mol. The highest BCUT2D eigenvalue weighted by molar-refractivity contribution is 5.94. The molecule has 4 amide bonds. The monoisotopic (exact) mass is 459 g/mol. The Balaban J connectivity index is 1.43. The van der Waals surface area contributed by atoms with Crippen LogP contribution in [-0.4, -0.2) is 66.4 Å². The molecule has 2 aliphatic carbocycles. The Morgan fingerprint density at radius 2 is 1.91 bits per heavy atom. The van der Waals surface area contributed by atoms with Crippen molar-refractivity contribution in [1.29, 1.82) is 0 Å². The van der Waals surface area contributed by atoms with E-state index in [-0.39, 0.29) is 30.3 Å². The van der Waals surface area contributed by atoms with Crippen LogP contribution in [0.3, 0.4) is 0 Å². The summed E-state index contributed by atoms with van der Waals surface area (Å²) in [5.41, 5.74) is 4.35. The number of likely N-dealkylation sites (tertiary alicyclic amines) is 1. The Morgan fingerprint density at radius 1 is 1.22 bits per heavy atom. The first-order chi connectivity index (χ1) is 14.9. The first kappa shape index (κ1) is 22.8. The second-order valence-corrected chi connectivity index (χ2v) is 9.89. The van der Waals surface area contributed by atoms with E-state index in [4.69, 9.17) is 0 Å². The third kappa shape index (κ3) is 4.55. The van der Waals surface area contributed by atoms with Crippen LogP contribution in [0.5, 0.6) is 0 Å². The van der Waals surface area contributed by atoms with Crippen LogP contribution in [0, 0.1) is 16.7 Å². The maximum absolute atomic E-state index is 13.3. The largest absolute Gasteiger partial charge is 0.471 e. The average Bonchev–Trinajstić information content (AvgIpc) is 3.56. The van der Waals surface area contributed by atoms with Gasteiger partial charge in [-0.25, -0.2) is 5.43 Å². The Hall–Kier alpha value is -2.37. The zero-order valence-corrected chi connectivity index (χ0v) is 17.8. The molecule has 0 aromatic carbocycles. The molecule has 0 aromatic rings. The number of hydrogen-bond donors (Lipinski definition) is 4. The number of nitrogens with one attached hydrogen (secondary N) is 4. The Morgan fingerprint density at radius 3 is 2.44 bits per heavy atom. The van der Waals surface area contributed by atoms with E-state index in [9.17, 15) is 32.3 Å². The number of halogens is 3. The van der Waals surface area contributed by atoms with Crippen molar-refractivity contribution in [2.24, 2.45) is 16.7 Å². The highest BCUT2D eigenvalue weighted by atomic mass is 19.4. The molecule has 2 aliphatic heterocycles. The van der Waals surface area contributed by atoms with E-state index < -0.39 is 41.4 Å². The smallest absolute Gasteiger partial charge is 0.356 e. The van der Waals surface area contributed by atoms with Crippen molar-refractivity contribution in [3.8, 4) is 0 Å². The lowest BCUT2D eigenvalue weighted by molar-refractivity contribution is -0.175. The van der Waals surface area contributed by atoms with Crippen molar-refractivity contribution in [2.45, 2.75) is 63.7 Å². The third-order valence-electron chi connectivity index (χ3n) is 7.29. The molecule has 0 radical (unpaired) electrons. The highest BCUT2D eigenvalue weighted by Crippen LogP contribution is 2.56. The van der Waals surface area contributed by atoms with Crippen LogP contribution in [-0.2, 0) is 19.2 Å². The van der Waals surface area contributed by atoms with E-state index in [2.05, 4.69) is 16.2 Å². The minimum atomic E-state index is -5.10. The number of amides is 4. The molecule has 32 heavy (non-hydrogen) atoms. The summed E-state index contributed by atoms with van der Waals surface area (Å²) < 4.78 is 38.6. The number of carbonyl (C=O) groups excluding carboxylic acids is 4. The van der Waals surface area contributed by atoms with Gasteiger partial charge in [-0.1, -0.05) is 6.92 Å². The number of hydrazine groups is 1. The summed E-state index contributed by atoms with van der Waals surface area (Å²) in [6, 6.07) is -2.18. The Kier molecular flexibility index (Phi) is 5.62. The number of hydrogen-bond acceptors (Lipinski definition) is 5. The van der Waals surface area contributed by atoms with Gasteiger partial charge in [0.2, 0.25) is 11.8 Å². The lowest BCUT2D eigenvalue weighted by Crippen LogP contribution is -2.58. The van der Waals surface area contributed by atoms with E-state index >= 15 is 0 Å². The van der Waals surface area contributed by atoms with Gasteiger partial charge in [-0.05, 0) is 49.4 Å². The second-order valence-electron chi connectivity index (χ2n) is 9.89. The van der Waals surface area contributed by atoms with Gasteiger partial charge in [0, 0.05) is 19.6 Å². The first-order valence-corrected chi connectivity index (χ1v) is 10.9. The molecule has 12 heteroatoms. The molecule has 4 N–H and O–H groups in total. The van der Waals surface area contributed by atoms with Gasteiger partial charge >= 0.3 is 12.1 Å². The number of rotatable bonds is 7. The molecule has 4 fully saturated rings. The summed E-state index contributed by atoms with van der Waals surface area (Å²) >= 11 is 0. The maximum Gasteiger partial charge on any atom is 0.471 e. The van der Waals surface area contributed by atoms with Crippen LogP contribution in [0.1, 0.15) is 45.4 Å². The molecule has 2 saturated heterocycles.